The fourth-order valence-electron chi connectivity index (χ4n) is 1.72. The van der Waals surface area contributed by atoms with Gasteiger partial charge in [-0.15, -0.1) is 0 Å². The maximum Gasteiger partial charge on any atom is 0.195 e. The molecule has 3 heteroatoms. The molecule has 1 aromatic rings. The van der Waals surface area contributed by atoms with Crippen LogP contribution in [0.15, 0.2) is 54.7 Å². The van der Waals surface area contributed by atoms with Crippen LogP contribution in [-0.4, -0.2) is 11.5 Å². The molecule has 0 bridgehead atoms. The van der Waals surface area contributed by atoms with Gasteiger partial charge in [0.2, 0.25) is 0 Å². The summed E-state index contributed by atoms with van der Waals surface area (Å²) < 4.78 is 13.8. The molecule has 0 atom stereocenters. The number of ketones is 1. The van der Waals surface area contributed by atoms with Crippen molar-refractivity contribution >= 4 is 17.5 Å². The Kier molecular flexibility index (Phi) is 4.15. The molecule has 18 heavy (non-hydrogen) atoms. The molecular formula is C15H13FOS. The summed E-state index contributed by atoms with van der Waals surface area (Å²) in [4.78, 5) is 12.2. The minimum atomic E-state index is -0.472. The highest BCUT2D eigenvalue weighted by Crippen LogP contribution is 2.23. The molecule has 1 aliphatic heterocycles. The van der Waals surface area contributed by atoms with Gasteiger partial charge in [-0.3, -0.25) is 4.79 Å². The number of fused-ring (bicyclic) bond motifs is 1. The van der Waals surface area contributed by atoms with Gasteiger partial charge < -0.3 is 0 Å². The van der Waals surface area contributed by atoms with Gasteiger partial charge in [-0.1, -0.05) is 43.0 Å². The summed E-state index contributed by atoms with van der Waals surface area (Å²) in [5.41, 5.74) is 1.19. The Morgan fingerprint density at radius 1 is 1.28 bits per heavy atom. The molecule has 0 saturated carbocycles. The average Bonchev–Trinajstić information content (AvgIpc) is 2.38. The van der Waals surface area contributed by atoms with Crippen LogP contribution < -0.4 is 0 Å². The molecule has 0 amide bonds. The van der Waals surface area contributed by atoms with E-state index in [9.17, 15) is 9.18 Å². The van der Waals surface area contributed by atoms with E-state index in [4.69, 9.17) is 0 Å². The van der Waals surface area contributed by atoms with E-state index in [-0.39, 0.29) is 11.3 Å². The first kappa shape index (κ1) is 12.8. The van der Waals surface area contributed by atoms with Crippen molar-refractivity contribution in [2.75, 3.05) is 5.75 Å². The third kappa shape index (κ3) is 2.79. The molecule has 1 nitrogen and oxygen atoms in total. The summed E-state index contributed by atoms with van der Waals surface area (Å²) >= 11 is 1.65. The van der Waals surface area contributed by atoms with Crippen molar-refractivity contribution in [2.45, 2.75) is 5.75 Å². The van der Waals surface area contributed by atoms with Gasteiger partial charge in [0.1, 0.15) is 5.82 Å². The number of rotatable bonds is 0. The number of hydrogen-bond acceptors (Lipinski definition) is 2. The quantitative estimate of drug-likeness (QED) is 0.658. The zero-order chi connectivity index (χ0) is 13.0. The lowest BCUT2D eigenvalue weighted by Crippen LogP contribution is -2.07. The van der Waals surface area contributed by atoms with Crippen molar-refractivity contribution in [1.82, 2.24) is 0 Å². The van der Waals surface area contributed by atoms with Crippen LogP contribution in [0.5, 0.6) is 0 Å². The van der Waals surface area contributed by atoms with Crippen LogP contribution in [0, 0.1) is 5.82 Å². The Balaban J connectivity index is 2.48. The van der Waals surface area contributed by atoms with E-state index < -0.39 is 5.82 Å². The van der Waals surface area contributed by atoms with Gasteiger partial charge >= 0.3 is 0 Å². The highest BCUT2D eigenvalue weighted by atomic mass is 32.2. The average molecular weight is 260 g/mol. The Morgan fingerprint density at radius 3 is 2.94 bits per heavy atom. The van der Waals surface area contributed by atoms with Crippen molar-refractivity contribution in [1.29, 1.82) is 0 Å². The third-order valence-electron chi connectivity index (χ3n) is 2.63. The number of thioether (sulfide) groups is 1. The van der Waals surface area contributed by atoms with Gasteiger partial charge in [-0.25, -0.2) is 4.39 Å². The van der Waals surface area contributed by atoms with E-state index in [0.717, 1.165) is 11.3 Å². The third-order valence-corrected chi connectivity index (χ3v) is 3.58. The largest absolute Gasteiger partial charge is 0.289 e. The van der Waals surface area contributed by atoms with Crippen LogP contribution in [0.2, 0.25) is 0 Å². The van der Waals surface area contributed by atoms with Gasteiger partial charge in [0.15, 0.2) is 5.78 Å². The zero-order valence-electron chi connectivity index (χ0n) is 9.86. The van der Waals surface area contributed by atoms with Gasteiger partial charge in [0.25, 0.3) is 0 Å². The molecule has 1 aromatic carbocycles. The lowest BCUT2D eigenvalue weighted by Gasteiger charge is -2.09. The standard InChI is InChI=1S/C15H13FOS/c1-11-6-3-2-4-9-18-10-12-7-5-8-13(16)14(12)15(11)17/h2-8H,1,9-10H2/b4-2-,6-3-. The van der Waals surface area contributed by atoms with Crippen molar-refractivity contribution in [3.8, 4) is 0 Å². The number of carbonyl (C=O) groups excluding carboxylic acids is 1. The normalized spacial score (nSPS) is 19.8. The number of benzene rings is 1. The highest BCUT2D eigenvalue weighted by molar-refractivity contribution is 7.98. The summed E-state index contributed by atoms with van der Waals surface area (Å²) in [6.07, 6.45) is 7.25. The van der Waals surface area contributed by atoms with E-state index in [2.05, 4.69) is 6.58 Å². The first-order valence-corrected chi connectivity index (χ1v) is 6.77. The minimum absolute atomic E-state index is 0.154. The van der Waals surface area contributed by atoms with Crippen LogP contribution in [0.1, 0.15) is 15.9 Å². The first-order chi connectivity index (χ1) is 8.70. The number of hydrogen-bond donors (Lipinski definition) is 0. The highest BCUT2D eigenvalue weighted by Gasteiger charge is 2.17. The molecular weight excluding hydrogens is 247 g/mol. The molecule has 0 N–H and O–H groups in total. The second-order valence-electron chi connectivity index (χ2n) is 3.93. The minimum Gasteiger partial charge on any atom is -0.289 e. The Labute approximate surface area is 110 Å². The lowest BCUT2D eigenvalue weighted by atomic mass is 9.99. The maximum atomic E-state index is 13.8. The van der Waals surface area contributed by atoms with Crippen LogP contribution >= 0.6 is 11.8 Å². The fourth-order valence-corrected chi connectivity index (χ4v) is 2.55. The van der Waals surface area contributed by atoms with E-state index in [1.165, 1.54) is 6.07 Å². The van der Waals surface area contributed by atoms with E-state index in [1.807, 2.05) is 12.2 Å². The maximum absolute atomic E-state index is 13.8. The summed E-state index contributed by atoms with van der Waals surface area (Å²) in [6, 6.07) is 4.74. The van der Waals surface area contributed by atoms with Crippen molar-refractivity contribution in [3.63, 3.8) is 0 Å². The molecule has 0 aliphatic carbocycles. The van der Waals surface area contributed by atoms with Crippen LogP contribution in [0.3, 0.4) is 0 Å². The molecule has 1 aliphatic rings. The molecule has 1 heterocycles. The van der Waals surface area contributed by atoms with E-state index in [1.54, 1.807) is 36.0 Å². The molecule has 0 aromatic heterocycles. The summed E-state index contributed by atoms with van der Waals surface area (Å²) in [5.74, 6) is 0.646. The lowest BCUT2D eigenvalue weighted by molar-refractivity contribution is 0.103. The van der Waals surface area contributed by atoms with Gasteiger partial charge in [-0.2, -0.15) is 11.8 Å². The second-order valence-corrected chi connectivity index (χ2v) is 4.96. The molecule has 0 fully saturated rings. The second kappa shape index (κ2) is 5.83. The van der Waals surface area contributed by atoms with Crippen LogP contribution in [-0.2, 0) is 5.75 Å². The van der Waals surface area contributed by atoms with Crippen molar-refractivity contribution in [2.24, 2.45) is 0 Å². The first-order valence-electron chi connectivity index (χ1n) is 5.62. The number of Topliss-reactive ketones (excluding diaryl/α,β-unsaturated/α-hetero) is 1. The molecule has 0 saturated heterocycles. The smallest absolute Gasteiger partial charge is 0.195 e. The molecule has 92 valence electrons. The fraction of sp³-hybridized carbons (Fsp3) is 0.133. The van der Waals surface area contributed by atoms with E-state index >= 15 is 0 Å². The Morgan fingerprint density at radius 2 is 2.11 bits per heavy atom. The Bertz CT molecular complexity index is 543. The SMILES string of the molecule is C=C1/C=C\C=C/CSCc2cccc(F)c2C1=O. The topological polar surface area (TPSA) is 17.1 Å². The number of carbonyl (C=O) groups is 1. The van der Waals surface area contributed by atoms with Crippen LogP contribution in [0.4, 0.5) is 4.39 Å². The molecule has 0 unspecified atom stereocenters. The number of halogens is 1. The predicted octanol–water partition coefficient (Wildman–Crippen LogP) is 3.92. The molecule has 0 radical (unpaired) electrons. The van der Waals surface area contributed by atoms with Crippen molar-refractivity contribution < 1.29 is 9.18 Å². The molecule has 0 spiro atoms. The zero-order valence-corrected chi connectivity index (χ0v) is 10.7. The predicted molar refractivity (Wildman–Crippen MR) is 74.3 cm³/mol. The van der Waals surface area contributed by atoms with Gasteiger partial charge in [-0.05, 0) is 11.6 Å². The van der Waals surface area contributed by atoms with E-state index in [0.29, 0.717) is 11.3 Å². The van der Waals surface area contributed by atoms with Gasteiger partial charge in [0.05, 0.1) is 5.56 Å². The monoisotopic (exact) mass is 260 g/mol. The Hall–Kier alpha value is -1.61. The summed E-state index contributed by atoms with van der Waals surface area (Å²) in [5, 5.41) is 0. The van der Waals surface area contributed by atoms with Gasteiger partial charge in [0, 0.05) is 17.1 Å². The summed E-state index contributed by atoms with van der Waals surface area (Å²) in [6.45, 7) is 3.70. The van der Waals surface area contributed by atoms with Crippen LogP contribution in [0.25, 0.3) is 0 Å². The van der Waals surface area contributed by atoms with Crippen molar-refractivity contribution in [3.05, 3.63) is 71.6 Å². The molecule has 2 rings (SSSR count). The number of allylic oxidation sites excluding steroid dienone is 4. The summed E-state index contributed by atoms with van der Waals surface area (Å²) in [7, 11) is 0.